The van der Waals surface area contributed by atoms with Gasteiger partial charge < -0.3 is 11.1 Å². The zero-order valence-electron chi connectivity index (χ0n) is 10.9. The molecule has 0 saturated carbocycles. The van der Waals surface area contributed by atoms with Gasteiger partial charge in [-0.2, -0.15) is 0 Å². The van der Waals surface area contributed by atoms with Gasteiger partial charge in [-0.1, -0.05) is 6.08 Å². The summed E-state index contributed by atoms with van der Waals surface area (Å²) in [6.07, 6.45) is 5.79. The number of hydrogen-bond acceptors (Lipinski definition) is 4. The summed E-state index contributed by atoms with van der Waals surface area (Å²) in [7, 11) is 0. The van der Waals surface area contributed by atoms with E-state index in [9.17, 15) is 0 Å². The van der Waals surface area contributed by atoms with Gasteiger partial charge in [-0.05, 0) is 49.6 Å². The highest BCUT2D eigenvalue weighted by Gasteiger charge is 2.03. The quantitative estimate of drug-likeness (QED) is 0.842. The molecule has 0 aliphatic heterocycles. The summed E-state index contributed by atoms with van der Waals surface area (Å²) in [6.45, 7) is 2.04. The molecule has 0 radical (unpaired) electrons. The molecule has 2 aromatic rings. The highest BCUT2D eigenvalue weighted by Crippen LogP contribution is 2.11. The first kappa shape index (κ1) is 11.7. The molecule has 0 atom stereocenters. The Bertz CT molecular complexity index is 734. The smallest absolute Gasteiger partial charge is 0.132 e. The zero-order valence-corrected chi connectivity index (χ0v) is 10.9. The molecule has 1 aliphatic rings. The van der Waals surface area contributed by atoms with E-state index in [1.807, 2.05) is 31.2 Å². The van der Waals surface area contributed by atoms with Crippen LogP contribution in [-0.4, -0.2) is 9.97 Å². The number of nitrogens with one attached hydrogen (secondary N) is 1. The van der Waals surface area contributed by atoms with Crippen LogP contribution in [0.25, 0.3) is 11.8 Å². The predicted molar refractivity (Wildman–Crippen MR) is 77.0 cm³/mol. The second-order valence-corrected chi connectivity index (χ2v) is 4.74. The minimum atomic E-state index is 0.794. The molecule has 0 saturated heterocycles. The van der Waals surface area contributed by atoms with Crippen molar-refractivity contribution in [3.8, 4) is 0 Å². The molecule has 4 nitrogen and oxygen atoms in total. The van der Waals surface area contributed by atoms with Crippen LogP contribution >= 0.6 is 0 Å². The van der Waals surface area contributed by atoms with E-state index in [2.05, 4.69) is 21.4 Å². The van der Waals surface area contributed by atoms with Gasteiger partial charge in [-0.15, -0.1) is 0 Å². The fourth-order valence-corrected chi connectivity index (χ4v) is 2.21. The highest BCUT2D eigenvalue weighted by atomic mass is 15.0. The molecule has 4 heteroatoms. The van der Waals surface area contributed by atoms with Gasteiger partial charge in [0.25, 0.3) is 0 Å². The lowest BCUT2D eigenvalue weighted by atomic mass is 10.1. The molecule has 2 heterocycles. The minimum absolute atomic E-state index is 0.794. The number of fused-ring (bicyclic) bond motifs is 1. The second-order valence-electron chi connectivity index (χ2n) is 4.74. The molecule has 19 heavy (non-hydrogen) atoms. The summed E-state index contributed by atoms with van der Waals surface area (Å²) in [5.74, 6) is 1.60. The van der Waals surface area contributed by atoms with Gasteiger partial charge in [-0.25, -0.2) is 9.97 Å². The maximum atomic E-state index is 5.99. The molecule has 0 unspecified atom stereocenters. The van der Waals surface area contributed by atoms with E-state index in [1.165, 1.54) is 5.56 Å². The highest BCUT2D eigenvalue weighted by molar-refractivity contribution is 5.54. The Kier molecular flexibility index (Phi) is 2.91. The summed E-state index contributed by atoms with van der Waals surface area (Å²) in [6, 6.07) is 7.92. The van der Waals surface area contributed by atoms with Crippen molar-refractivity contribution in [3.63, 3.8) is 0 Å². The molecule has 0 bridgehead atoms. The van der Waals surface area contributed by atoms with Crippen molar-refractivity contribution in [2.45, 2.75) is 19.8 Å². The fraction of sp³-hybridized carbons (Fsp3) is 0.200. The van der Waals surface area contributed by atoms with Gasteiger partial charge in [0.15, 0.2) is 0 Å². The summed E-state index contributed by atoms with van der Waals surface area (Å²) >= 11 is 0. The molecule has 2 aromatic heterocycles. The third kappa shape index (κ3) is 2.42. The van der Waals surface area contributed by atoms with Crippen LogP contribution in [-0.2, 0) is 0 Å². The Morgan fingerprint density at radius 3 is 2.95 bits per heavy atom. The molecule has 0 aromatic carbocycles. The monoisotopic (exact) mass is 252 g/mol. The topological polar surface area (TPSA) is 63.8 Å². The Labute approximate surface area is 111 Å². The number of nitrogens with two attached hydrogens (primary N) is 1. The maximum absolute atomic E-state index is 5.99. The van der Waals surface area contributed by atoms with E-state index in [4.69, 9.17) is 5.73 Å². The Hall–Kier alpha value is -2.36. The van der Waals surface area contributed by atoms with Crippen molar-refractivity contribution in [2.24, 2.45) is 5.73 Å². The number of pyridine rings is 2. The van der Waals surface area contributed by atoms with Crippen molar-refractivity contribution in [1.29, 1.82) is 0 Å². The average molecular weight is 252 g/mol. The molecule has 96 valence electrons. The first-order valence-corrected chi connectivity index (χ1v) is 6.38. The van der Waals surface area contributed by atoms with Crippen molar-refractivity contribution < 1.29 is 0 Å². The summed E-state index contributed by atoms with van der Waals surface area (Å²) in [4.78, 5) is 8.85. The maximum Gasteiger partial charge on any atom is 0.132 e. The van der Waals surface area contributed by atoms with E-state index in [0.29, 0.717) is 0 Å². The van der Waals surface area contributed by atoms with Crippen molar-refractivity contribution in [3.05, 3.63) is 46.6 Å². The van der Waals surface area contributed by atoms with E-state index in [-0.39, 0.29) is 0 Å². The molecule has 0 spiro atoms. The Balaban J connectivity index is 1.98. The summed E-state index contributed by atoms with van der Waals surface area (Å²) in [5.41, 5.74) is 8.08. The SMILES string of the molecule is Cc1ccnc(Nc2ccc3c(n2)=CCCC=3N)c1. The first-order chi connectivity index (χ1) is 9.22. The van der Waals surface area contributed by atoms with Crippen LogP contribution in [0.1, 0.15) is 18.4 Å². The summed E-state index contributed by atoms with van der Waals surface area (Å²) < 4.78 is 0. The molecule has 0 amide bonds. The zero-order chi connectivity index (χ0) is 13.2. The van der Waals surface area contributed by atoms with E-state index in [0.717, 1.165) is 40.7 Å². The van der Waals surface area contributed by atoms with Crippen molar-refractivity contribution in [1.82, 2.24) is 9.97 Å². The normalized spacial score (nSPS) is 13.6. The van der Waals surface area contributed by atoms with Crippen LogP contribution in [0.5, 0.6) is 0 Å². The number of hydrogen-bond donors (Lipinski definition) is 2. The van der Waals surface area contributed by atoms with Crippen LogP contribution in [0.3, 0.4) is 0 Å². The van der Waals surface area contributed by atoms with Gasteiger partial charge in [0.05, 0.1) is 5.35 Å². The van der Waals surface area contributed by atoms with Crippen LogP contribution in [0.15, 0.2) is 30.5 Å². The average Bonchev–Trinajstić information content (AvgIpc) is 2.39. The predicted octanol–water partition coefficient (Wildman–Crippen LogP) is 1.17. The molecule has 1 aliphatic carbocycles. The molecule has 0 fully saturated rings. The number of rotatable bonds is 2. The van der Waals surface area contributed by atoms with Crippen LogP contribution in [0, 0.1) is 6.92 Å². The second kappa shape index (κ2) is 4.72. The largest absolute Gasteiger partial charge is 0.401 e. The minimum Gasteiger partial charge on any atom is -0.401 e. The first-order valence-electron chi connectivity index (χ1n) is 6.38. The fourth-order valence-electron chi connectivity index (χ4n) is 2.21. The van der Waals surface area contributed by atoms with E-state index < -0.39 is 0 Å². The Morgan fingerprint density at radius 2 is 2.11 bits per heavy atom. The standard InChI is InChI=1S/C15H16N4/c1-10-7-8-17-15(9-10)19-14-6-5-11-12(16)3-2-4-13(11)18-14/h4-9H,2-3,16H2,1H3,(H,17,18,19). The molecule has 3 rings (SSSR count). The van der Waals surface area contributed by atoms with Crippen LogP contribution in [0.2, 0.25) is 0 Å². The third-order valence-electron chi connectivity index (χ3n) is 3.19. The molecular formula is C15H16N4. The lowest BCUT2D eigenvalue weighted by molar-refractivity contribution is 1.02. The van der Waals surface area contributed by atoms with E-state index >= 15 is 0 Å². The number of aryl methyl sites for hydroxylation is 1. The van der Waals surface area contributed by atoms with Crippen LogP contribution < -0.4 is 21.6 Å². The van der Waals surface area contributed by atoms with Gasteiger partial charge in [0.1, 0.15) is 11.6 Å². The molecule has 3 N–H and O–H groups in total. The van der Waals surface area contributed by atoms with Gasteiger partial charge in [-0.3, -0.25) is 0 Å². The number of nitrogens with zero attached hydrogens (tertiary/aromatic N) is 2. The van der Waals surface area contributed by atoms with Gasteiger partial charge in [0, 0.05) is 17.1 Å². The summed E-state index contributed by atoms with van der Waals surface area (Å²) in [5, 5.41) is 5.23. The van der Waals surface area contributed by atoms with Gasteiger partial charge >= 0.3 is 0 Å². The van der Waals surface area contributed by atoms with Crippen LogP contribution in [0.4, 0.5) is 11.6 Å². The Morgan fingerprint density at radius 1 is 1.21 bits per heavy atom. The lowest BCUT2D eigenvalue weighted by Crippen LogP contribution is -2.35. The third-order valence-corrected chi connectivity index (χ3v) is 3.19. The van der Waals surface area contributed by atoms with E-state index in [1.54, 1.807) is 6.20 Å². The number of anilines is 2. The number of aromatic nitrogens is 2. The van der Waals surface area contributed by atoms with Crippen molar-refractivity contribution in [2.75, 3.05) is 5.32 Å². The lowest BCUT2D eigenvalue weighted by Gasteiger charge is -2.08. The van der Waals surface area contributed by atoms with Gasteiger partial charge in [0.2, 0.25) is 0 Å². The molecular weight excluding hydrogens is 236 g/mol. The van der Waals surface area contributed by atoms with Crippen molar-refractivity contribution >= 4 is 23.4 Å².